The summed E-state index contributed by atoms with van der Waals surface area (Å²) in [5, 5.41) is 9.47. The molecule has 0 bridgehead atoms. The normalized spacial score (nSPS) is 25.4. The van der Waals surface area contributed by atoms with Crippen LogP contribution in [0.3, 0.4) is 0 Å². The lowest BCUT2D eigenvalue weighted by molar-refractivity contribution is -0.145. The van der Waals surface area contributed by atoms with Crippen LogP contribution in [0.5, 0.6) is 0 Å². The summed E-state index contributed by atoms with van der Waals surface area (Å²) in [5.41, 5.74) is 0. The summed E-state index contributed by atoms with van der Waals surface area (Å²) in [7, 11) is 0. The maximum absolute atomic E-state index is 11.5. The molecule has 0 amide bonds. The number of hydrogen-bond donors (Lipinski definition) is 1. The maximum Gasteiger partial charge on any atom is 0.308 e. The lowest BCUT2D eigenvalue weighted by Crippen LogP contribution is -2.42. The molecule has 0 spiro atoms. The fourth-order valence-electron chi connectivity index (χ4n) is 3.34. The van der Waals surface area contributed by atoms with Crippen LogP contribution in [0, 0.1) is 11.8 Å². The van der Waals surface area contributed by atoms with Gasteiger partial charge in [-0.1, -0.05) is 6.92 Å². The molecule has 104 valence electrons. The number of aliphatic carboxylic acids is 1. The van der Waals surface area contributed by atoms with Crippen molar-refractivity contribution in [3.05, 3.63) is 0 Å². The molecule has 0 aromatic carbocycles. The minimum absolute atomic E-state index is 0.151. The SMILES string of the molecule is CCN1CCC(C(CN2CCCC2)C(=O)O)CC1. The van der Waals surface area contributed by atoms with Crippen molar-refractivity contribution in [1.82, 2.24) is 9.80 Å². The summed E-state index contributed by atoms with van der Waals surface area (Å²) in [4.78, 5) is 16.3. The van der Waals surface area contributed by atoms with Gasteiger partial charge in [0.2, 0.25) is 0 Å². The van der Waals surface area contributed by atoms with E-state index in [9.17, 15) is 9.90 Å². The first-order valence-electron chi connectivity index (χ1n) is 7.38. The summed E-state index contributed by atoms with van der Waals surface area (Å²) >= 11 is 0. The fourth-order valence-corrected chi connectivity index (χ4v) is 3.34. The first-order chi connectivity index (χ1) is 8.70. The summed E-state index contributed by atoms with van der Waals surface area (Å²) < 4.78 is 0. The Kier molecular flexibility index (Phi) is 5.01. The lowest BCUT2D eigenvalue weighted by Gasteiger charge is -2.35. The van der Waals surface area contributed by atoms with Gasteiger partial charge in [0.1, 0.15) is 0 Å². The Labute approximate surface area is 110 Å². The number of piperidine rings is 1. The van der Waals surface area contributed by atoms with Crippen LogP contribution in [0.25, 0.3) is 0 Å². The molecule has 0 radical (unpaired) electrons. The smallest absolute Gasteiger partial charge is 0.308 e. The van der Waals surface area contributed by atoms with E-state index in [-0.39, 0.29) is 5.92 Å². The molecule has 2 fully saturated rings. The third-order valence-electron chi connectivity index (χ3n) is 4.62. The summed E-state index contributed by atoms with van der Waals surface area (Å²) in [6, 6.07) is 0. The lowest BCUT2D eigenvalue weighted by atomic mass is 9.84. The highest BCUT2D eigenvalue weighted by molar-refractivity contribution is 5.70. The minimum atomic E-state index is -0.586. The van der Waals surface area contributed by atoms with Crippen LogP contribution >= 0.6 is 0 Å². The summed E-state index contributed by atoms with van der Waals surface area (Å²) in [6.45, 7) is 8.38. The van der Waals surface area contributed by atoms with Crippen LogP contribution in [0.4, 0.5) is 0 Å². The molecule has 1 N–H and O–H groups in total. The third-order valence-corrected chi connectivity index (χ3v) is 4.62. The van der Waals surface area contributed by atoms with Crippen molar-refractivity contribution in [2.45, 2.75) is 32.6 Å². The van der Waals surface area contributed by atoms with Gasteiger partial charge in [-0.25, -0.2) is 0 Å². The largest absolute Gasteiger partial charge is 0.481 e. The van der Waals surface area contributed by atoms with Crippen molar-refractivity contribution >= 4 is 5.97 Å². The van der Waals surface area contributed by atoms with Crippen LogP contribution in [-0.2, 0) is 4.79 Å². The van der Waals surface area contributed by atoms with Gasteiger partial charge in [-0.3, -0.25) is 4.79 Å². The first kappa shape index (κ1) is 13.8. The van der Waals surface area contributed by atoms with E-state index < -0.39 is 5.97 Å². The van der Waals surface area contributed by atoms with E-state index in [0.717, 1.165) is 52.1 Å². The molecule has 4 heteroatoms. The minimum Gasteiger partial charge on any atom is -0.481 e. The molecule has 18 heavy (non-hydrogen) atoms. The van der Waals surface area contributed by atoms with E-state index >= 15 is 0 Å². The van der Waals surface area contributed by atoms with Crippen molar-refractivity contribution in [2.75, 3.05) is 39.3 Å². The zero-order valence-corrected chi connectivity index (χ0v) is 11.5. The number of hydrogen-bond acceptors (Lipinski definition) is 3. The van der Waals surface area contributed by atoms with Crippen LogP contribution in [0.2, 0.25) is 0 Å². The van der Waals surface area contributed by atoms with Crippen LogP contribution in [-0.4, -0.2) is 60.1 Å². The molecule has 2 heterocycles. The van der Waals surface area contributed by atoms with Crippen molar-refractivity contribution in [3.63, 3.8) is 0 Å². The highest BCUT2D eigenvalue weighted by Crippen LogP contribution is 2.27. The zero-order chi connectivity index (χ0) is 13.0. The standard InChI is InChI=1S/C14H26N2O2/c1-2-15-9-5-12(6-10-15)13(14(17)18)11-16-7-3-4-8-16/h12-13H,2-11H2,1H3,(H,17,18). The van der Waals surface area contributed by atoms with E-state index in [1.807, 2.05) is 0 Å². The molecular weight excluding hydrogens is 228 g/mol. The van der Waals surface area contributed by atoms with Gasteiger partial charge in [-0.05, 0) is 64.3 Å². The number of rotatable bonds is 5. The molecule has 0 saturated carbocycles. The monoisotopic (exact) mass is 254 g/mol. The second-order valence-electron chi connectivity index (χ2n) is 5.72. The molecule has 2 aliphatic heterocycles. The number of likely N-dealkylation sites (tertiary alicyclic amines) is 2. The molecule has 2 saturated heterocycles. The fraction of sp³-hybridized carbons (Fsp3) is 0.929. The van der Waals surface area contributed by atoms with Gasteiger partial charge < -0.3 is 14.9 Å². The van der Waals surface area contributed by atoms with E-state index in [0.29, 0.717) is 5.92 Å². The Morgan fingerprint density at radius 2 is 1.78 bits per heavy atom. The van der Waals surface area contributed by atoms with Crippen molar-refractivity contribution in [1.29, 1.82) is 0 Å². The van der Waals surface area contributed by atoms with Crippen molar-refractivity contribution in [2.24, 2.45) is 11.8 Å². The Balaban J connectivity index is 1.87. The van der Waals surface area contributed by atoms with E-state index in [1.165, 1.54) is 12.8 Å². The van der Waals surface area contributed by atoms with Gasteiger partial charge in [0.15, 0.2) is 0 Å². The molecule has 0 aromatic heterocycles. The highest BCUT2D eigenvalue weighted by Gasteiger charge is 2.32. The van der Waals surface area contributed by atoms with E-state index in [4.69, 9.17) is 0 Å². The van der Waals surface area contributed by atoms with Crippen LogP contribution < -0.4 is 0 Å². The third kappa shape index (κ3) is 3.45. The van der Waals surface area contributed by atoms with Crippen molar-refractivity contribution < 1.29 is 9.90 Å². The molecule has 0 aromatic rings. The van der Waals surface area contributed by atoms with Gasteiger partial charge in [0.25, 0.3) is 0 Å². The van der Waals surface area contributed by atoms with Gasteiger partial charge in [-0.15, -0.1) is 0 Å². The molecule has 2 aliphatic rings. The number of carboxylic acids is 1. The molecule has 0 aliphatic carbocycles. The Hall–Kier alpha value is -0.610. The van der Waals surface area contributed by atoms with Crippen LogP contribution in [0.1, 0.15) is 32.6 Å². The second-order valence-corrected chi connectivity index (χ2v) is 5.72. The van der Waals surface area contributed by atoms with Gasteiger partial charge in [-0.2, -0.15) is 0 Å². The molecule has 4 nitrogen and oxygen atoms in total. The summed E-state index contributed by atoms with van der Waals surface area (Å²) in [6.07, 6.45) is 4.58. The molecule has 2 rings (SSSR count). The topological polar surface area (TPSA) is 43.8 Å². The maximum atomic E-state index is 11.5. The number of carbonyl (C=O) groups is 1. The van der Waals surface area contributed by atoms with Gasteiger partial charge in [0, 0.05) is 6.54 Å². The summed E-state index contributed by atoms with van der Waals surface area (Å²) in [5.74, 6) is -0.357. The average molecular weight is 254 g/mol. The van der Waals surface area contributed by atoms with Crippen LogP contribution in [0.15, 0.2) is 0 Å². The zero-order valence-electron chi connectivity index (χ0n) is 11.5. The number of nitrogens with zero attached hydrogens (tertiary/aromatic N) is 2. The van der Waals surface area contributed by atoms with E-state index in [2.05, 4.69) is 16.7 Å². The Morgan fingerprint density at radius 3 is 2.28 bits per heavy atom. The Bertz CT molecular complexity index is 269. The van der Waals surface area contributed by atoms with Crippen molar-refractivity contribution in [3.8, 4) is 0 Å². The van der Waals surface area contributed by atoms with Gasteiger partial charge >= 0.3 is 5.97 Å². The van der Waals surface area contributed by atoms with Gasteiger partial charge in [0.05, 0.1) is 5.92 Å². The molecule has 1 atom stereocenters. The second kappa shape index (κ2) is 6.53. The molecular formula is C14H26N2O2. The first-order valence-corrected chi connectivity index (χ1v) is 7.38. The predicted molar refractivity (Wildman–Crippen MR) is 71.6 cm³/mol. The quantitative estimate of drug-likeness (QED) is 0.808. The molecule has 1 unspecified atom stereocenters. The predicted octanol–water partition coefficient (Wildman–Crippen LogP) is 1.51. The number of carboxylic acid groups (broad SMARTS) is 1. The van der Waals surface area contributed by atoms with E-state index in [1.54, 1.807) is 0 Å². The Morgan fingerprint density at radius 1 is 1.17 bits per heavy atom. The average Bonchev–Trinajstić information content (AvgIpc) is 2.89. The highest BCUT2D eigenvalue weighted by atomic mass is 16.4.